The first-order valence-corrected chi connectivity index (χ1v) is 13.6. The van der Waals surface area contributed by atoms with Crippen molar-refractivity contribution in [2.75, 3.05) is 18.4 Å². The summed E-state index contributed by atoms with van der Waals surface area (Å²) in [6.45, 7) is 1.81. The van der Waals surface area contributed by atoms with Gasteiger partial charge in [0.25, 0.3) is 5.91 Å². The van der Waals surface area contributed by atoms with Crippen LogP contribution < -0.4 is 10.1 Å². The lowest BCUT2D eigenvalue weighted by molar-refractivity contribution is 0.0719. The van der Waals surface area contributed by atoms with Gasteiger partial charge in [-0.25, -0.2) is 14.4 Å². The number of H-pyrrole nitrogens is 1. The third-order valence-electron chi connectivity index (χ3n) is 7.00. The second kappa shape index (κ2) is 11.4. The first kappa shape index (κ1) is 25.8. The van der Waals surface area contributed by atoms with E-state index in [2.05, 4.69) is 20.3 Å². The fourth-order valence-electron chi connectivity index (χ4n) is 4.91. The number of hydrogen-bond donors (Lipinski definition) is 2. The Labute approximate surface area is 236 Å². The molecule has 5 aromatic rings. The number of carbonyl (C=O) groups excluding carboxylic acids is 1. The average molecular weight is 556 g/mol. The molecule has 2 aromatic heterocycles. The van der Waals surface area contributed by atoms with Crippen molar-refractivity contribution in [3.63, 3.8) is 0 Å². The van der Waals surface area contributed by atoms with Crippen LogP contribution >= 0.6 is 11.6 Å². The van der Waals surface area contributed by atoms with Gasteiger partial charge in [-0.1, -0.05) is 29.8 Å². The first-order chi connectivity index (χ1) is 19.5. The molecule has 1 aliphatic heterocycles. The van der Waals surface area contributed by atoms with Crippen LogP contribution in [0.5, 0.6) is 5.75 Å². The quantitative estimate of drug-likeness (QED) is 0.219. The zero-order valence-corrected chi connectivity index (χ0v) is 22.4. The number of carbonyl (C=O) groups is 1. The maximum Gasteiger partial charge on any atom is 0.270 e. The van der Waals surface area contributed by atoms with Gasteiger partial charge in [0.1, 0.15) is 36.0 Å². The second-order valence-corrected chi connectivity index (χ2v) is 10.2. The molecule has 0 atom stereocenters. The number of nitrogens with zero attached hydrogens (tertiary/aromatic N) is 3. The molecule has 202 valence electrons. The number of anilines is 2. The van der Waals surface area contributed by atoms with Gasteiger partial charge < -0.3 is 19.9 Å². The van der Waals surface area contributed by atoms with Crippen molar-refractivity contribution in [2.24, 2.45) is 0 Å². The van der Waals surface area contributed by atoms with Gasteiger partial charge in [0, 0.05) is 30.4 Å². The van der Waals surface area contributed by atoms with E-state index in [9.17, 15) is 9.18 Å². The van der Waals surface area contributed by atoms with Crippen molar-refractivity contribution in [3.8, 4) is 16.9 Å². The SMILES string of the molecule is O=C(c1cc(-c2ccc3ncnc(Nc4ccc(OCc5cccc(F)c5)c(Cl)c4)c3c2)c[nH]1)N1CCCCC1. The summed E-state index contributed by atoms with van der Waals surface area (Å²) in [7, 11) is 0. The van der Waals surface area contributed by atoms with E-state index in [1.807, 2.05) is 41.4 Å². The van der Waals surface area contributed by atoms with Crippen molar-refractivity contribution in [1.29, 1.82) is 0 Å². The molecule has 40 heavy (non-hydrogen) atoms. The molecule has 3 heterocycles. The summed E-state index contributed by atoms with van der Waals surface area (Å²) >= 11 is 6.49. The number of piperidine rings is 1. The van der Waals surface area contributed by atoms with Crippen LogP contribution in [-0.4, -0.2) is 38.8 Å². The van der Waals surface area contributed by atoms with Crippen molar-refractivity contribution >= 4 is 39.9 Å². The highest BCUT2D eigenvalue weighted by Crippen LogP contribution is 2.32. The van der Waals surface area contributed by atoms with Crippen molar-refractivity contribution < 1.29 is 13.9 Å². The van der Waals surface area contributed by atoms with Crippen LogP contribution in [0.2, 0.25) is 5.02 Å². The second-order valence-electron chi connectivity index (χ2n) is 9.80. The molecule has 0 aliphatic carbocycles. The van der Waals surface area contributed by atoms with E-state index in [0.29, 0.717) is 27.8 Å². The molecule has 1 aliphatic rings. The third-order valence-corrected chi connectivity index (χ3v) is 7.30. The molecule has 1 amide bonds. The third kappa shape index (κ3) is 5.62. The van der Waals surface area contributed by atoms with Gasteiger partial charge in [-0.3, -0.25) is 4.79 Å². The standard InChI is InChI=1S/C31H27ClFN5O2/c32-26-16-24(8-10-29(26)40-18-20-5-4-6-23(33)13-20)37-30-25-14-21(7-9-27(25)35-19-36-30)22-15-28(34-17-22)31(39)38-11-2-1-3-12-38/h4-10,13-17,19,34H,1-3,11-12,18H2,(H,35,36,37). The van der Waals surface area contributed by atoms with E-state index >= 15 is 0 Å². The van der Waals surface area contributed by atoms with Crippen molar-refractivity contribution in [3.05, 3.63) is 101 Å². The molecular formula is C31H27ClFN5O2. The zero-order chi connectivity index (χ0) is 27.5. The minimum atomic E-state index is -0.310. The van der Waals surface area contributed by atoms with Crippen LogP contribution in [0.3, 0.4) is 0 Å². The molecule has 2 N–H and O–H groups in total. The molecular weight excluding hydrogens is 529 g/mol. The topological polar surface area (TPSA) is 83.1 Å². The molecule has 0 unspecified atom stereocenters. The van der Waals surface area contributed by atoms with Gasteiger partial charge in [0.05, 0.1) is 10.5 Å². The fourth-order valence-corrected chi connectivity index (χ4v) is 5.14. The number of rotatable bonds is 7. The molecule has 6 rings (SSSR count). The predicted octanol–water partition coefficient (Wildman–Crippen LogP) is 7.37. The first-order valence-electron chi connectivity index (χ1n) is 13.2. The zero-order valence-electron chi connectivity index (χ0n) is 21.7. The lowest BCUT2D eigenvalue weighted by Crippen LogP contribution is -2.35. The van der Waals surface area contributed by atoms with Crippen LogP contribution in [0.4, 0.5) is 15.9 Å². The summed E-state index contributed by atoms with van der Waals surface area (Å²) in [5.41, 5.74) is 4.67. The number of ether oxygens (including phenoxy) is 1. The van der Waals surface area contributed by atoms with E-state index in [-0.39, 0.29) is 18.3 Å². The summed E-state index contributed by atoms with van der Waals surface area (Å²) < 4.78 is 19.2. The summed E-state index contributed by atoms with van der Waals surface area (Å²) in [5, 5.41) is 4.57. The van der Waals surface area contributed by atoms with Crippen LogP contribution in [0.25, 0.3) is 22.0 Å². The molecule has 0 radical (unpaired) electrons. The normalized spacial score (nSPS) is 13.4. The van der Waals surface area contributed by atoms with E-state index < -0.39 is 0 Å². The number of aromatic nitrogens is 3. The number of fused-ring (bicyclic) bond motifs is 1. The number of hydrogen-bond acceptors (Lipinski definition) is 5. The Morgan fingerprint density at radius 1 is 1.00 bits per heavy atom. The molecule has 7 nitrogen and oxygen atoms in total. The number of benzene rings is 3. The largest absolute Gasteiger partial charge is 0.487 e. The molecule has 0 bridgehead atoms. The number of nitrogens with one attached hydrogen (secondary N) is 2. The number of amides is 1. The average Bonchev–Trinajstić information content (AvgIpc) is 3.47. The summed E-state index contributed by atoms with van der Waals surface area (Å²) in [5.74, 6) is 0.845. The lowest BCUT2D eigenvalue weighted by Gasteiger charge is -2.26. The molecule has 3 aromatic carbocycles. The minimum Gasteiger partial charge on any atom is -0.487 e. The van der Waals surface area contributed by atoms with Crippen molar-refractivity contribution in [2.45, 2.75) is 25.9 Å². The van der Waals surface area contributed by atoms with E-state index in [1.54, 1.807) is 24.3 Å². The lowest BCUT2D eigenvalue weighted by atomic mass is 10.1. The van der Waals surface area contributed by atoms with Gasteiger partial charge in [-0.2, -0.15) is 0 Å². The fraction of sp³-hybridized carbons (Fsp3) is 0.194. The van der Waals surface area contributed by atoms with E-state index in [4.69, 9.17) is 16.3 Å². The van der Waals surface area contributed by atoms with Crippen LogP contribution in [0.1, 0.15) is 35.3 Å². The Kier molecular flexibility index (Phi) is 7.33. The summed E-state index contributed by atoms with van der Waals surface area (Å²) in [4.78, 5) is 26.9. The Hall–Kier alpha value is -4.43. The molecule has 9 heteroatoms. The molecule has 0 saturated carbocycles. The summed E-state index contributed by atoms with van der Waals surface area (Å²) in [6, 6.07) is 19.5. The monoisotopic (exact) mass is 555 g/mol. The van der Waals surface area contributed by atoms with E-state index in [0.717, 1.165) is 53.6 Å². The van der Waals surface area contributed by atoms with Gasteiger partial charge in [0.15, 0.2) is 0 Å². The number of halogens is 2. The van der Waals surface area contributed by atoms with Crippen LogP contribution in [-0.2, 0) is 6.61 Å². The maximum absolute atomic E-state index is 13.5. The van der Waals surface area contributed by atoms with Gasteiger partial charge in [-0.15, -0.1) is 0 Å². The van der Waals surface area contributed by atoms with Gasteiger partial charge in [0.2, 0.25) is 0 Å². The molecule has 1 saturated heterocycles. The van der Waals surface area contributed by atoms with Crippen LogP contribution in [0, 0.1) is 5.82 Å². The number of likely N-dealkylation sites (tertiary alicyclic amines) is 1. The van der Waals surface area contributed by atoms with Crippen molar-refractivity contribution in [1.82, 2.24) is 19.9 Å². The highest BCUT2D eigenvalue weighted by molar-refractivity contribution is 6.32. The van der Waals surface area contributed by atoms with Gasteiger partial charge in [-0.05, 0) is 84.5 Å². The highest BCUT2D eigenvalue weighted by Gasteiger charge is 2.20. The predicted molar refractivity (Wildman–Crippen MR) is 155 cm³/mol. The maximum atomic E-state index is 13.5. The Balaban J connectivity index is 1.20. The van der Waals surface area contributed by atoms with E-state index in [1.165, 1.54) is 24.9 Å². The Bertz CT molecular complexity index is 1680. The van der Waals surface area contributed by atoms with Crippen LogP contribution in [0.15, 0.2) is 79.3 Å². The number of aromatic amines is 1. The van der Waals surface area contributed by atoms with Gasteiger partial charge >= 0.3 is 0 Å². The minimum absolute atomic E-state index is 0.0395. The highest BCUT2D eigenvalue weighted by atomic mass is 35.5. The smallest absolute Gasteiger partial charge is 0.270 e. The molecule has 1 fully saturated rings. The molecule has 0 spiro atoms. The summed E-state index contributed by atoms with van der Waals surface area (Å²) in [6.07, 6.45) is 6.65. The Morgan fingerprint density at radius 2 is 1.88 bits per heavy atom. The Morgan fingerprint density at radius 3 is 2.70 bits per heavy atom.